The molecule has 0 bridgehead atoms. The fourth-order valence-electron chi connectivity index (χ4n) is 2.52. The summed E-state index contributed by atoms with van der Waals surface area (Å²) in [6, 6.07) is 6.80. The van der Waals surface area contributed by atoms with Crippen molar-refractivity contribution in [2.45, 2.75) is 17.6 Å². The molecule has 0 unspecified atom stereocenters. The van der Waals surface area contributed by atoms with Crippen LogP contribution in [0.3, 0.4) is 0 Å². The smallest absolute Gasteiger partial charge is 0.245 e. The SMILES string of the molecule is COc1ccc(NC(=O)C2(S(C)(=O)=O)CCNCC2)cc1.Cl. The molecule has 0 spiro atoms. The normalized spacial score (nSPS) is 17.2. The fourth-order valence-corrected chi connectivity index (χ4v) is 3.85. The molecule has 6 nitrogen and oxygen atoms in total. The van der Waals surface area contributed by atoms with E-state index in [1.807, 2.05) is 0 Å². The zero-order valence-electron chi connectivity index (χ0n) is 12.6. The Balaban J connectivity index is 0.00000242. The van der Waals surface area contributed by atoms with Crippen molar-refractivity contribution in [2.24, 2.45) is 0 Å². The van der Waals surface area contributed by atoms with Crippen molar-refractivity contribution < 1.29 is 17.9 Å². The molecule has 1 amide bonds. The maximum atomic E-state index is 12.5. The van der Waals surface area contributed by atoms with Gasteiger partial charge in [-0.05, 0) is 50.2 Å². The second-order valence-corrected chi connectivity index (χ2v) is 7.52. The lowest BCUT2D eigenvalue weighted by atomic mass is 9.95. The van der Waals surface area contributed by atoms with E-state index in [9.17, 15) is 13.2 Å². The van der Waals surface area contributed by atoms with Crippen molar-refractivity contribution >= 4 is 33.8 Å². The lowest BCUT2D eigenvalue weighted by Gasteiger charge is -2.34. The molecule has 2 rings (SSSR count). The molecule has 1 fully saturated rings. The molecule has 1 aliphatic rings. The third-order valence-corrected chi connectivity index (χ3v) is 5.90. The molecule has 0 atom stereocenters. The van der Waals surface area contributed by atoms with Crippen molar-refractivity contribution in [3.63, 3.8) is 0 Å². The van der Waals surface area contributed by atoms with E-state index in [0.717, 1.165) is 6.26 Å². The molecule has 0 radical (unpaired) electrons. The summed E-state index contributed by atoms with van der Waals surface area (Å²) in [6.45, 7) is 1.03. The van der Waals surface area contributed by atoms with Crippen LogP contribution in [0.15, 0.2) is 24.3 Å². The number of rotatable bonds is 4. The Kier molecular flexibility index (Phi) is 6.22. The number of anilines is 1. The molecule has 1 saturated heterocycles. The number of ether oxygens (including phenoxy) is 1. The van der Waals surface area contributed by atoms with Gasteiger partial charge in [0.2, 0.25) is 5.91 Å². The van der Waals surface area contributed by atoms with Crippen LogP contribution in [0.4, 0.5) is 5.69 Å². The van der Waals surface area contributed by atoms with Crippen molar-refractivity contribution in [3.8, 4) is 5.75 Å². The van der Waals surface area contributed by atoms with E-state index < -0.39 is 20.5 Å². The number of piperidine rings is 1. The van der Waals surface area contributed by atoms with Crippen molar-refractivity contribution in [3.05, 3.63) is 24.3 Å². The predicted molar refractivity (Wildman–Crippen MR) is 88.6 cm³/mol. The number of hydrogen-bond donors (Lipinski definition) is 2. The van der Waals surface area contributed by atoms with E-state index in [0.29, 0.717) is 24.5 Å². The summed E-state index contributed by atoms with van der Waals surface area (Å²) in [4.78, 5) is 12.5. The number of nitrogens with one attached hydrogen (secondary N) is 2. The van der Waals surface area contributed by atoms with E-state index in [1.54, 1.807) is 31.4 Å². The number of hydrogen-bond acceptors (Lipinski definition) is 5. The molecular formula is C14H21ClN2O4S. The highest BCUT2D eigenvalue weighted by Gasteiger charge is 2.48. The molecule has 0 saturated carbocycles. The van der Waals surface area contributed by atoms with Crippen LogP contribution in [-0.2, 0) is 14.6 Å². The number of benzene rings is 1. The van der Waals surface area contributed by atoms with Gasteiger partial charge in [-0.2, -0.15) is 0 Å². The highest BCUT2D eigenvalue weighted by molar-refractivity contribution is 7.92. The summed E-state index contributed by atoms with van der Waals surface area (Å²) >= 11 is 0. The second-order valence-electron chi connectivity index (χ2n) is 5.20. The average Bonchev–Trinajstić information content (AvgIpc) is 2.47. The zero-order chi connectivity index (χ0) is 15.5. The minimum atomic E-state index is -3.50. The van der Waals surface area contributed by atoms with Gasteiger partial charge in [-0.3, -0.25) is 4.79 Å². The van der Waals surface area contributed by atoms with E-state index in [2.05, 4.69) is 10.6 Å². The molecule has 22 heavy (non-hydrogen) atoms. The minimum Gasteiger partial charge on any atom is -0.497 e. The van der Waals surface area contributed by atoms with Gasteiger partial charge in [0.1, 0.15) is 5.75 Å². The minimum absolute atomic E-state index is 0. The lowest BCUT2D eigenvalue weighted by molar-refractivity contribution is -0.119. The Labute approximate surface area is 136 Å². The van der Waals surface area contributed by atoms with E-state index in [4.69, 9.17) is 4.74 Å². The Hall–Kier alpha value is -1.31. The van der Waals surface area contributed by atoms with E-state index in [1.165, 1.54) is 0 Å². The number of carbonyl (C=O) groups is 1. The van der Waals surface area contributed by atoms with Crippen molar-refractivity contribution in [2.75, 3.05) is 31.8 Å². The molecular weight excluding hydrogens is 328 g/mol. The number of carbonyl (C=O) groups excluding carboxylic acids is 1. The maximum Gasteiger partial charge on any atom is 0.245 e. The van der Waals surface area contributed by atoms with Gasteiger partial charge < -0.3 is 15.4 Å². The summed E-state index contributed by atoms with van der Waals surface area (Å²) in [5.41, 5.74) is 0.558. The van der Waals surface area contributed by atoms with Crippen LogP contribution in [0.25, 0.3) is 0 Å². The number of halogens is 1. The number of sulfone groups is 1. The summed E-state index contributed by atoms with van der Waals surface area (Å²) in [5.74, 6) is 0.212. The molecule has 0 aromatic heterocycles. The van der Waals surface area contributed by atoms with E-state index in [-0.39, 0.29) is 25.2 Å². The summed E-state index contributed by atoms with van der Waals surface area (Å²) < 4.78 is 28.0. The van der Waals surface area contributed by atoms with Gasteiger partial charge >= 0.3 is 0 Å². The van der Waals surface area contributed by atoms with Crippen LogP contribution in [0.5, 0.6) is 5.75 Å². The predicted octanol–water partition coefficient (Wildman–Crippen LogP) is 1.22. The van der Waals surface area contributed by atoms with Gasteiger partial charge in [-0.15, -0.1) is 12.4 Å². The molecule has 124 valence electrons. The molecule has 1 aromatic rings. The lowest BCUT2D eigenvalue weighted by Crippen LogP contribution is -2.55. The van der Waals surface area contributed by atoms with Crippen molar-refractivity contribution in [1.29, 1.82) is 0 Å². The first-order valence-electron chi connectivity index (χ1n) is 6.75. The monoisotopic (exact) mass is 348 g/mol. The van der Waals surface area contributed by atoms with Crippen LogP contribution in [0, 0.1) is 0 Å². The van der Waals surface area contributed by atoms with Gasteiger partial charge in [0, 0.05) is 11.9 Å². The van der Waals surface area contributed by atoms with Crippen LogP contribution in [0.1, 0.15) is 12.8 Å². The Bertz CT molecular complexity index is 610. The third-order valence-electron chi connectivity index (χ3n) is 3.88. The molecule has 1 heterocycles. The molecule has 8 heteroatoms. The van der Waals surface area contributed by atoms with Crippen LogP contribution in [0.2, 0.25) is 0 Å². The van der Waals surface area contributed by atoms with Gasteiger partial charge in [0.05, 0.1) is 7.11 Å². The maximum absolute atomic E-state index is 12.5. The Morgan fingerprint density at radius 1 is 1.23 bits per heavy atom. The van der Waals surface area contributed by atoms with Gasteiger partial charge in [0.15, 0.2) is 14.6 Å². The standard InChI is InChI=1S/C14H20N2O4S.ClH/c1-20-12-5-3-11(4-6-12)16-13(17)14(21(2,18)19)7-9-15-10-8-14;/h3-6,15H,7-10H2,1-2H3,(H,16,17);1H. The third kappa shape index (κ3) is 3.71. The van der Waals surface area contributed by atoms with Gasteiger partial charge in [0.25, 0.3) is 0 Å². The van der Waals surface area contributed by atoms with Crippen molar-refractivity contribution in [1.82, 2.24) is 5.32 Å². The number of methoxy groups -OCH3 is 1. The van der Waals surface area contributed by atoms with Crippen LogP contribution >= 0.6 is 12.4 Å². The highest BCUT2D eigenvalue weighted by Crippen LogP contribution is 2.29. The first-order chi connectivity index (χ1) is 9.89. The largest absolute Gasteiger partial charge is 0.497 e. The molecule has 2 N–H and O–H groups in total. The summed E-state index contributed by atoms with van der Waals surface area (Å²) in [6.07, 6.45) is 1.70. The van der Waals surface area contributed by atoms with Crippen LogP contribution in [-0.4, -0.2) is 45.5 Å². The van der Waals surface area contributed by atoms with Gasteiger partial charge in [-0.25, -0.2) is 8.42 Å². The average molecular weight is 349 g/mol. The first-order valence-corrected chi connectivity index (χ1v) is 8.64. The summed E-state index contributed by atoms with van der Waals surface area (Å²) in [7, 11) is -1.94. The zero-order valence-corrected chi connectivity index (χ0v) is 14.2. The Morgan fingerprint density at radius 2 is 1.77 bits per heavy atom. The number of amides is 1. The van der Waals surface area contributed by atoms with Crippen LogP contribution < -0.4 is 15.4 Å². The molecule has 1 aromatic carbocycles. The molecule has 0 aliphatic carbocycles. The van der Waals surface area contributed by atoms with E-state index >= 15 is 0 Å². The first kappa shape index (κ1) is 18.7. The highest BCUT2D eigenvalue weighted by atomic mass is 35.5. The fraction of sp³-hybridized carbons (Fsp3) is 0.500. The second kappa shape index (κ2) is 7.30. The van der Waals surface area contributed by atoms with Gasteiger partial charge in [-0.1, -0.05) is 0 Å². The topological polar surface area (TPSA) is 84.5 Å². The summed E-state index contributed by atoms with van der Waals surface area (Å²) in [5, 5.41) is 5.79. The molecule has 1 aliphatic heterocycles. The quantitative estimate of drug-likeness (QED) is 0.854. The Morgan fingerprint density at radius 3 is 2.23 bits per heavy atom.